The smallest absolute Gasteiger partial charge is 0.245 e. The molecule has 1 amide bonds. The third-order valence-corrected chi connectivity index (χ3v) is 3.40. The topological polar surface area (TPSA) is 66.0 Å². The van der Waals surface area contributed by atoms with Crippen molar-refractivity contribution in [1.82, 2.24) is 5.32 Å². The van der Waals surface area contributed by atoms with Crippen molar-refractivity contribution in [2.24, 2.45) is 0 Å². The molecule has 1 fully saturated rings. The van der Waals surface area contributed by atoms with Gasteiger partial charge in [0.1, 0.15) is 24.9 Å². The van der Waals surface area contributed by atoms with E-state index in [9.17, 15) is 4.79 Å². The van der Waals surface area contributed by atoms with E-state index in [4.69, 9.17) is 18.9 Å². The number of amides is 1. The van der Waals surface area contributed by atoms with Crippen LogP contribution in [0.25, 0.3) is 0 Å². The maximum Gasteiger partial charge on any atom is 0.245 e. The highest BCUT2D eigenvalue weighted by Crippen LogP contribution is 2.30. The first-order valence-electron chi connectivity index (χ1n) is 8.22. The van der Waals surface area contributed by atoms with Crippen LogP contribution in [0.15, 0.2) is 0 Å². The quantitative estimate of drug-likeness (QED) is 0.805. The fourth-order valence-corrected chi connectivity index (χ4v) is 2.40. The molecule has 1 saturated heterocycles. The van der Waals surface area contributed by atoms with Crippen LogP contribution in [0, 0.1) is 0 Å². The molecule has 1 heterocycles. The Morgan fingerprint density at radius 3 is 2.17 bits per heavy atom. The number of likely N-dealkylation sites (N-methyl/N-ethyl adjacent to an activating group) is 1. The maximum absolute atomic E-state index is 11.5. The highest BCUT2D eigenvalue weighted by molar-refractivity contribution is 5.76. The number of ether oxygens (including phenoxy) is 4. The number of carbonyl (C=O) groups excluding carboxylic acids is 1. The molecule has 6 nitrogen and oxygen atoms in total. The van der Waals surface area contributed by atoms with E-state index in [1.807, 2.05) is 48.5 Å². The molecule has 0 aromatic carbocycles. The number of hydrogen-bond donors (Lipinski definition) is 1. The minimum absolute atomic E-state index is 0.00822. The summed E-state index contributed by atoms with van der Waals surface area (Å²) >= 11 is 0. The van der Waals surface area contributed by atoms with E-state index in [2.05, 4.69) is 5.32 Å². The minimum atomic E-state index is -0.341. The summed E-state index contributed by atoms with van der Waals surface area (Å²) in [5, 5.41) is 2.55. The van der Waals surface area contributed by atoms with Gasteiger partial charge in [0.15, 0.2) is 0 Å². The Morgan fingerprint density at radius 1 is 1.09 bits per heavy atom. The molecular weight excluding hydrogens is 298 g/mol. The predicted molar refractivity (Wildman–Crippen MR) is 88.5 cm³/mol. The summed E-state index contributed by atoms with van der Waals surface area (Å²) in [6.45, 7) is 14.3. The lowest BCUT2D eigenvalue weighted by Crippen LogP contribution is -2.45. The molecule has 6 heteroatoms. The summed E-state index contributed by atoms with van der Waals surface area (Å²) in [4.78, 5) is 11.5. The standard InChI is InChI=1S/C17H33NO5/c1-11-14(20-10-13(19)18-8)15(23-17(5,6)7)12(22-11)9-21-16(2,3)4/h11-12,14-15H,9-10H2,1-8H3,(H,18,19)/t11-,12+,14+,15?/m0/s1. The zero-order chi connectivity index (χ0) is 17.8. The highest BCUT2D eigenvalue weighted by Gasteiger charge is 2.46. The number of rotatable bonds is 6. The summed E-state index contributed by atoms with van der Waals surface area (Å²) in [6, 6.07) is 0. The van der Waals surface area contributed by atoms with Crippen molar-refractivity contribution in [2.75, 3.05) is 20.3 Å². The van der Waals surface area contributed by atoms with Crippen LogP contribution >= 0.6 is 0 Å². The fourth-order valence-electron chi connectivity index (χ4n) is 2.40. The van der Waals surface area contributed by atoms with Crippen LogP contribution in [-0.2, 0) is 23.7 Å². The fraction of sp³-hybridized carbons (Fsp3) is 0.941. The van der Waals surface area contributed by atoms with Gasteiger partial charge in [-0.1, -0.05) is 0 Å². The van der Waals surface area contributed by atoms with Crippen molar-refractivity contribution in [1.29, 1.82) is 0 Å². The van der Waals surface area contributed by atoms with Crippen molar-refractivity contribution in [2.45, 2.75) is 84.1 Å². The maximum atomic E-state index is 11.5. The average molecular weight is 331 g/mol. The molecule has 4 atom stereocenters. The van der Waals surface area contributed by atoms with Gasteiger partial charge in [-0.15, -0.1) is 0 Å². The van der Waals surface area contributed by atoms with Crippen LogP contribution in [0.4, 0.5) is 0 Å². The number of hydrogen-bond acceptors (Lipinski definition) is 5. The highest BCUT2D eigenvalue weighted by atomic mass is 16.6. The van der Waals surface area contributed by atoms with E-state index in [-0.39, 0.29) is 48.1 Å². The molecule has 0 aliphatic carbocycles. The van der Waals surface area contributed by atoms with Crippen molar-refractivity contribution in [3.63, 3.8) is 0 Å². The van der Waals surface area contributed by atoms with Crippen LogP contribution in [0.1, 0.15) is 48.5 Å². The van der Waals surface area contributed by atoms with Crippen LogP contribution in [0.3, 0.4) is 0 Å². The summed E-state index contributed by atoms with van der Waals surface area (Å²) in [6.07, 6.45) is -0.976. The first kappa shape index (κ1) is 20.4. The Labute approximate surface area is 140 Å². The van der Waals surface area contributed by atoms with E-state index >= 15 is 0 Å². The van der Waals surface area contributed by atoms with Gasteiger partial charge in [-0.25, -0.2) is 0 Å². The van der Waals surface area contributed by atoms with Gasteiger partial charge < -0.3 is 24.3 Å². The Kier molecular flexibility index (Phi) is 7.01. The Hall–Kier alpha value is -0.690. The molecule has 1 aliphatic heterocycles. The largest absolute Gasteiger partial charge is 0.373 e. The van der Waals surface area contributed by atoms with E-state index in [0.29, 0.717) is 6.61 Å². The van der Waals surface area contributed by atoms with Gasteiger partial charge in [-0.2, -0.15) is 0 Å². The molecule has 0 aromatic rings. The first-order valence-corrected chi connectivity index (χ1v) is 8.22. The van der Waals surface area contributed by atoms with Gasteiger partial charge in [0, 0.05) is 7.05 Å². The van der Waals surface area contributed by atoms with Crippen LogP contribution in [0.2, 0.25) is 0 Å². The molecule has 0 aromatic heterocycles. The minimum Gasteiger partial charge on any atom is -0.373 e. The molecule has 1 unspecified atom stereocenters. The summed E-state index contributed by atoms with van der Waals surface area (Å²) < 4.78 is 23.8. The molecule has 0 saturated carbocycles. The second-order valence-electron chi connectivity index (χ2n) is 7.95. The molecule has 1 rings (SSSR count). The lowest BCUT2D eigenvalue weighted by atomic mass is 10.1. The van der Waals surface area contributed by atoms with Gasteiger partial charge in [0.25, 0.3) is 0 Å². The molecule has 0 spiro atoms. The van der Waals surface area contributed by atoms with Crippen LogP contribution in [-0.4, -0.2) is 61.8 Å². The van der Waals surface area contributed by atoms with Gasteiger partial charge >= 0.3 is 0 Å². The normalized spacial score (nSPS) is 28.9. The van der Waals surface area contributed by atoms with Crippen molar-refractivity contribution >= 4 is 5.91 Å². The third-order valence-electron chi connectivity index (χ3n) is 3.40. The van der Waals surface area contributed by atoms with Gasteiger partial charge in [-0.3, -0.25) is 4.79 Å². The molecular formula is C17H33NO5. The van der Waals surface area contributed by atoms with Crippen LogP contribution in [0.5, 0.6) is 0 Å². The van der Waals surface area contributed by atoms with E-state index < -0.39 is 0 Å². The summed E-state index contributed by atoms with van der Waals surface area (Å²) in [5.41, 5.74) is -0.591. The number of nitrogens with one attached hydrogen (secondary N) is 1. The van der Waals surface area contributed by atoms with E-state index in [1.165, 1.54) is 0 Å². The lowest BCUT2D eigenvalue weighted by Gasteiger charge is -2.32. The van der Waals surface area contributed by atoms with Gasteiger partial charge in [0.2, 0.25) is 5.91 Å². The predicted octanol–water partition coefficient (Wildman–Crippen LogP) is 1.90. The monoisotopic (exact) mass is 331 g/mol. The summed E-state index contributed by atoms with van der Waals surface area (Å²) in [5.74, 6) is -0.166. The Balaban J connectivity index is 2.79. The second kappa shape index (κ2) is 7.92. The Morgan fingerprint density at radius 2 is 1.70 bits per heavy atom. The van der Waals surface area contributed by atoms with Crippen molar-refractivity contribution in [3.8, 4) is 0 Å². The lowest BCUT2D eigenvalue weighted by molar-refractivity contribution is -0.149. The average Bonchev–Trinajstić information content (AvgIpc) is 2.67. The molecule has 0 bridgehead atoms. The molecule has 0 radical (unpaired) electrons. The molecule has 1 N–H and O–H groups in total. The summed E-state index contributed by atoms with van der Waals surface area (Å²) in [7, 11) is 1.59. The first-order chi connectivity index (χ1) is 10.4. The molecule has 23 heavy (non-hydrogen) atoms. The van der Waals surface area contributed by atoms with Crippen LogP contribution < -0.4 is 5.32 Å². The van der Waals surface area contributed by atoms with Gasteiger partial charge in [-0.05, 0) is 48.5 Å². The third kappa shape index (κ3) is 7.16. The van der Waals surface area contributed by atoms with Crippen molar-refractivity contribution in [3.05, 3.63) is 0 Å². The zero-order valence-electron chi connectivity index (χ0n) is 15.8. The zero-order valence-corrected chi connectivity index (χ0v) is 15.8. The second-order valence-corrected chi connectivity index (χ2v) is 7.95. The molecule has 136 valence electrons. The molecule has 1 aliphatic rings. The number of carbonyl (C=O) groups is 1. The Bertz CT molecular complexity index is 385. The van der Waals surface area contributed by atoms with E-state index in [0.717, 1.165) is 0 Å². The van der Waals surface area contributed by atoms with Crippen molar-refractivity contribution < 1.29 is 23.7 Å². The van der Waals surface area contributed by atoms with Gasteiger partial charge in [0.05, 0.1) is 23.9 Å². The van der Waals surface area contributed by atoms with E-state index in [1.54, 1.807) is 7.05 Å². The SMILES string of the molecule is CNC(=O)CO[C@H]1C(OC(C)(C)C)[C@@H](COC(C)(C)C)O[C@H]1C.